The fourth-order valence-electron chi connectivity index (χ4n) is 3.00. The van der Waals surface area contributed by atoms with Gasteiger partial charge in [0, 0.05) is 6.42 Å². The third-order valence-corrected chi connectivity index (χ3v) is 5.24. The number of amides is 1. The molecule has 154 valence electrons. The molecule has 0 aliphatic carbocycles. The van der Waals surface area contributed by atoms with E-state index >= 15 is 0 Å². The van der Waals surface area contributed by atoms with Gasteiger partial charge < -0.3 is 10.4 Å². The Balaban J connectivity index is 3.38. The van der Waals surface area contributed by atoms with E-state index in [1.807, 2.05) is 13.8 Å². The highest BCUT2D eigenvalue weighted by atomic mass is 16.3. The van der Waals surface area contributed by atoms with Gasteiger partial charge in [-0.3, -0.25) is 4.79 Å². The third-order valence-electron chi connectivity index (χ3n) is 5.24. The fraction of sp³-hybridized carbons (Fsp3) is 0.870. The Bertz CT molecular complexity index is 348. The molecule has 0 spiro atoms. The predicted molar refractivity (Wildman–Crippen MR) is 113 cm³/mol. The van der Waals surface area contributed by atoms with E-state index in [2.05, 4.69) is 24.4 Å². The van der Waals surface area contributed by atoms with Crippen LogP contribution < -0.4 is 5.32 Å². The number of rotatable bonds is 18. The zero-order valence-corrected chi connectivity index (χ0v) is 17.8. The highest BCUT2D eigenvalue weighted by molar-refractivity contribution is 5.76. The number of carbonyl (C=O) groups excluding carboxylic acids is 1. The second kappa shape index (κ2) is 17.6. The van der Waals surface area contributed by atoms with Crippen molar-refractivity contribution < 1.29 is 9.90 Å². The van der Waals surface area contributed by atoms with E-state index in [1.54, 1.807) is 0 Å². The van der Waals surface area contributed by atoms with Crippen molar-refractivity contribution in [3.05, 3.63) is 12.2 Å². The number of carbonyl (C=O) groups is 1. The molecule has 0 rings (SSSR count). The summed E-state index contributed by atoms with van der Waals surface area (Å²) in [6.07, 6.45) is 22.5. The summed E-state index contributed by atoms with van der Waals surface area (Å²) in [5.41, 5.74) is -0.459. The van der Waals surface area contributed by atoms with Gasteiger partial charge in [-0.15, -0.1) is 0 Å². The Hall–Kier alpha value is -0.830. The summed E-state index contributed by atoms with van der Waals surface area (Å²) in [6, 6.07) is 0. The van der Waals surface area contributed by atoms with Crippen LogP contribution in [0.15, 0.2) is 12.2 Å². The van der Waals surface area contributed by atoms with Crippen LogP contribution in [-0.4, -0.2) is 23.2 Å². The summed E-state index contributed by atoms with van der Waals surface area (Å²) >= 11 is 0. The molecule has 0 aliphatic rings. The molecule has 26 heavy (non-hydrogen) atoms. The van der Waals surface area contributed by atoms with Gasteiger partial charge in [0.15, 0.2) is 0 Å². The molecule has 2 N–H and O–H groups in total. The first-order valence-corrected chi connectivity index (χ1v) is 11.1. The number of allylic oxidation sites excluding steroid dienone is 2. The standard InChI is InChI=1S/C23H45NO2/c1-4-6-7-8-9-10-11-12-13-14-15-16-17-18-19-20-22(26)24-23(3,5-2)21-25/h12-13,25H,4-11,14-21H2,1-3H3,(H,24,26)/b13-12-. The maximum Gasteiger partial charge on any atom is 0.220 e. The Morgan fingerprint density at radius 3 is 1.85 bits per heavy atom. The van der Waals surface area contributed by atoms with Gasteiger partial charge in [0.2, 0.25) is 5.91 Å². The summed E-state index contributed by atoms with van der Waals surface area (Å²) in [5, 5.41) is 12.3. The SMILES string of the molecule is CCCCCCCC/C=C\CCCCCCCC(=O)NC(C)(CC)CO. The number of aliphatic hydroxyl groups excluding tert-OH is 1. The Morgan fingerprint density at radius 1 is 0.846 bits per heavy atom. The van der Waals surface area contributed by atoms with Crippen LogP contribution in [0.2, 0.25) is 0 Å². The van der Waals surface area contributed by atoms with Crippen LogP contribution in [0.3, 0.4) is 0 Å². The van der Waals surface area contributed by atoms with Crippen LogP contribution in [0.1, 0.15) is 117 Å². The number of hydrogen-bond acceptors (Lipinski definition) is 2. The zero-order chi connectivity index (χ0) is 19.5. The third kappa shape index (κ3) is 15.4. The topological polar surface area (TPSA) is 49.3 Å². The van der Waals surface area contributed by atoms with Gasteiger partial charge in [-0.1, -0.05) is 77.4 Å². The minimum Gasteiger partial charge on any atom is -0.394 e. The summed E-state index contributed by atoms with van der Waals surface area (Å²) in [6.45, 7) is 6.14. The van der Waals surface area contributed by atoms with Crippen molar-refractivity contribution >= 4 is 5.91 Å². The van der Waals surface area contributed by atoms with Crippen molar-refractivity contribution in [2.24, 2.45) is 0 Å². The zero-order valence-electron chi connectivity index (χ0n) is 17.8. The molecule has 0 aliphatic heterocycles. The first kappa shape index (κ1) is 25.2. The molecule has 3 nitrogen and oxygen atoms in total. The summed E-state index contributed by atoms with van der Waals surface area (Å²) in [5.74, 6) is 0.0704. The molecule has 0 aromatic rings. The maximum absolute atomic E-state index is 11.9. The summed E-state index contributed by atoms with van der Waals surface area (Å²) in [7, 11) is 0. The van der Waals surface area contributed by atoms with Crippen LogP contribution in [0.4, 0.5) is 0 Å². The van der Waals surface area contributed by atoms with Crippen molar-refractivity contribution in [3.63, 3.8) is 0 Å². The molecule has 0 saturated carbocycles. The normalized spacial score (nSPS) is 13.8. The van der Waals surface area contributed by atoms with Crippen molar-refractivity contribution in [2.75, 3.05) is 6.61 Å². The summed E-state index contributed by atoms with van der Waals surface area (Å²) in [4.78, 5) is 11.9. The van der Waals surface area contributed by atoms with E-state index in [0.717, 1.165) is 19.3 Å². The first-order chi connectivity index (χ1) is 12.6. The van der Waals surface area contributed by atoms with Crippen molar-refractivity contribution in [1.29, 1.82) is 0 Å². The molecule has 1 amide bonds. The molecule has 1 atom stereocenters. The lowest BCUT2D eigenvalue weighted by molar-refractivity contribution is -0.123. The van der Waals surface area contributed by atoms with Crippen LogP contribution >= 0.6 is 0 Å². The Labute approximate surface area is 163 Å². The average molecular weight is 368 g/mol. The lowest BCUT2D eigenvalue weighted by Crippen LogP contribution is -2.48. The first-order valence-electron chi connectivity index (χ1n) is 11.1. The highest BCUT2D eigenvalue weighted by Crippen LogP contribution is 2.11. The van der Waals surface area contributed by atoms with Crippen molar-refractivity contribution in [1.82, 2.24) is 5.32 Å². The van der Waals surface area contributed by atoms with Gasteiger partial charge in [0.25, 0.3) is 0 Å². The van der Waals surface area contributed by atoms with Gasteiger partial charge in [0.1, 0.15) is 0 Å². The van der Waals surface area contributed by atoms with E-state index in [1.165, 1.54) is 70.6 Å². The predicted octanol–water partition coefficient (Wildman–Crippen LogP) is 6.30. The molecular formula is C23H45NO2. The number of hydrogen-bond donors (Lipinski definition) is 2. The van der Waals surface area contributed by atoms with Gasteiger partial charge >= 0.3 is 0 Å². The maximum atomic E-state index is 11.9. The molecule has 0 bridgehead atoms. The molecule has 0 fully saturated rings. The van der Waals surface area contributed by atoms with Crippen LogP contribution in [0.5, 0.6) is 0 Å². The Kier molecular flexibility index (Phi) is 17.0. The Morgan fingerprint density at radius 2 is 1.35 bits per heavy atom. The molecule has 1 unspecified atom stereocenters. The van der Waals surface area contributed by atoms with Crippen molar-refractivity contribution in [2.45, 2.75) is 123 Å². The fourth-order valence-corrected chi connectivity index (χ4v) is 3.00. The highest BCUT2D eigenvalue weighted by Gasteiger charge is 2.22. The summed E-state index contributed by atoms with van der Waals surface area (Å²) < 4.78 is 0. The molecule has 0 aromatic carbocycles. The largest absolute Gasteiger partial charge is 0.394 e. The van der Waals surface area contributed by atoms with E-state index in [4.69, 9.17) is 0 Å². The molecule has 0 radical (unpaired) electrons. The van der Waals surface area contributed by atoms with Crippen LogP contribution in [0, 0.1) is 0 Å². The molecule has 0 aromatic heterocycles. The van der Waals surface area contributed by atoms with E-state index in [0.29, 0.717) is 6.42 Å². The minimum atomic E-state index is -0.459. The van der Waals surface area contributed by atoms with E-state index < -0.39 is 5.54 Å². The quantitative estimate of drug-likeness (QED) is 0.220. The second-order valence-corrected chi connectivity index (χ2v) is 7.95. The molecule has 0 heterocycles. The monoisotopic (exact) mass is 367 g/mol. The van der Waals surface area contributed by atoms with Crippen molar-refractivity contribution in [3.8, 4) is 0 Å². The van der Waals surface area contributed by atoms with Gasteiger partial charge in [-0.2, -0.15) is 0 Å². The lowest BCUT2D eigenvalue weighted by atomic mass is 9.99. The number of unbranched alkanes of at least 4 members (excludes halogenated alkanes) is 11. The van der Waals surface area contributed by atoms with Crippen LogP contribution in [0.25, 0.3) is 0 Å². The smallest absolute Gasteiger partial charge is 0.220 e. The molecule has 0 saturated heterocycles. The average Bonchev–Trinajstić information content (AvgIpc) is 2.64. The minimum absolute atomic E-state index is 0.00160. The molecular weight excluding hydrogens is 322 g/mol. The van der Waals surface area contributed by atoms with E-state index in [-0.39, 0.29) is 12.5 Å². The van der Waals surface area contributed by atoms with Gasteiger partial charge in [-0.05, 0) is 45.4 Å². The second-order valence-electron chi connectivity index (χ2n) is 7.95. The lowest BCUT2D eigenvalue weighted by Gasteiger charge is -2.27. The number of nitrogens with one attached hydrogen (secondary N) is 1. The van der Waals surface area contributed by atoms with E-state index in [9.17, 15) is 9.90 Å². The van der Waals surface area contributed by atoms with Gasteiger partial charge in [0.05, 0.1) is 12.1 Å². The van der Waals surface area contributed by atoms with Gasteiger partial charge in [-0.25, -0.2) is 0 Å². The number of aliphatic hydroxyl groups is 1. The van der Waals surface area contributed by atoms with Crippen LogP contribution in [-0.2, 0) is 4.79 Å². The molecule has 3 heteroatoms.